The van der Waals surface area contributed by atoms with Crippen LogP contribution in [0, 0.1) is 19.8 Å². The van der Waals surface area contributed by atoms with Crippen molar-refractivity contribution >= 4 is 23.6 Å². The molecule has 0 aliphatic rings. The number of aryl methyl sites for hydroxylation is 2. The van der Waals surface area contributed by atoms with Crippen LogP contribution in [0.5, 0.6) is 0 Å². The molecule has 2 aromatic rings. The van der Waals surface area contributed by atoms with Crippen molar-refractivity contribution in [2.75, 3.05) is 5.32 Å². The first-order valence-corrected chi connectivity index (χ1v) is 13.9. The number of para-hydroxylation sites is 1. The van der Waals surface area contributed by atoms with Crippen LogP contribution >= 0.6 is 0 Å². The molecule has 0 spiro atoms. The highest BCUT2D eigenvalue weighted by molar-refractivity contribution is 6.00. The number of nitrogens with zero attached hydrogens (tertiary/aromatic N) is 1. The van der Waals surface area contributed by atoms with Gasteiger partial charge < -0.3 is 20.3 Å². The normalized spacial score (nSPS) is 14.1. The lowest BCUT2D eigenvalue weighted by Gasteiger charge is -2.45. The van der Waals surface area contributed by atoms with Gasteiger partial charge in [-0.15, -0.1) is 0 Å². The van der Waals surface area contributed by atoms with E-state index in [2.05, 4.69) is 10.6 Å². The third kappa shape index (κ3) is 8.32. The molecule has 7 heteroatoms. The van der Waals surface area contributed by atoms with E-state index in [1.165, 1.54) is 0 Å². The van der Waals surface area contributed by atoms with Crippen LogP contribution in [0.15, 0.2) is 48.5 Å². The van der Waals surface area contributed by atoms with Gasteiger partial charge in [0.1, 0.15) is 17.7 Å². The zero-order chi connectivity index (χ0) is 29.5. The van der Waals surface area contributed by atoms with Gasteiger partial charge in [-0.1, -0.05) is 69.7 Å². The molecule has 0 aliphatic heterocycles. The minimum atomic E-state index is -0.930. The summed E-state index contributed by atoms with van der Waals surface area (Å²) in [6.07, 6.45) is 0.586. The molecule has 2 aromatic carbocycles. The second-order valence-electron chi connectivity index (χ2n) is 11.9. The molecule has 0 heterocycles. The number of benzene rings is 2. The monoisotopic (exact) mass is 537 g/mol. The average Bonchev–Trinajstić information content (AvgIpc) is 2.85. The van der Waals surface area contributed by atoms with Crippen LogP contribution in [0.2, 0.25) is 0 Å². The largest absolute Gasteiger partial charge is 0.444 e. The Morgan fingerprint density at radius 1 is 0.897 bits per heavy atom. The molecule has 0 aliphatic carbocycles. The molecule has 0 saturated heterocycles. The number of alkyl carbamates (subject to hydrolysis) is 1. The summed E-state index contributed by atoms with van der Waals surface area (Å²) >= 11 is 0. The quantitative estimate of drug-likeness (QED) is 0.344. The Labute approximate surface area is 234 Å². The van der Waals surface area contributed by atoms with E-state index < -0.39 is 29.3 Å². The molecule has 0 radical (unpaired) electrons. The summed E-state index contributed by atoms with van der Waals surface area (Å²) in [4.78, 5) is 43.3. The molecule has 3 unspecified atom stereocenters. The number of ether oxygens (including phenoxy) is 1. The van der Waals surface area contributed by atoms with Gasteiger partial charge in [0.2, 0.25) is 5.91 Å². The summed E-state index contributed by atoms with van der Waals surface area (Å²) in [6, 6.07) is 13.4. The van der Waals surface area contributed by atoms with Crippen molar-refractivity contribution in [3.05, 3.63) is 65.2 Å². The van der Waals surface area contributed by atoms with Crippen LogP contribution in [-0.2, 0) is 14.3 Å². The van der Waals surface area contributed by atoms with Crippen molar-refractivity contribution in [1.82, 2.24) is 10.2 Å². The molecular weight excluding hydrogens is 490 g/mol. The van der Waals surface area contributed by atoms with Crippen LogP contribution < -0.4 is 10.6 Å². The van der Waals surface area contributed by atoms with Crippen molar-refractivity contribution in [3.8, 4) is 0 Å². The first-order valence-electron chi connectivity index (χ1n) is 13.9. The topological polar surface area (TPSA) is 87.7 Å². The summed E-state index contributed by atoms with van der Waals surface area (Å²) in [5, 5.41) is 5.91. The lowest BCUT2D eigenvalue weighted by atomic mass is 9.88. The number of carbonyl (C=O) groups excluding carboxylic acids is 3. The van der Waals surface area contributed by atoms with E-state index in [4.69, 9.17) is 4.74 Å². The summed E-state index contributed by atoms with van der Waals surface area (Å²) < 4.78 is 5.51. The van der Waals surface area contributed by atoms with E-state index in [0.717, 1.165) is 16.7 Å². The maximum atomic E-state index is 14.6. The predicted octanol–water partition coefficient (Wildman–Crippen LogP) is 6.94. The van der Waals surface area contributed by atoms with Crippen molar-refractivity contribution in [2.45, 2.75) is 105 Å². The second kappa shape index (κ2) is 13.1. The Morgan fingerprint density at radius 3 is 1.97 bits per heavy atom. The van der Waals surface area contributed by atoms with Crippen molar-refractivity contribution in [2.24, 2.45) is 5.92 Å². The van der Waals surface area contributed by atoms with Gasteiger partial charge in [0, 0.05) is 11.2 Å². The predicted molar refractivity (Wildman–Crippen MR) is 158 cm³/mol. The molecule has 0 aromatic heterocycles. The van der Waals surface area contributed by atoms with E-state index in [-0.39, 0.29) is 17.7 Å². The summed E-state index contributed by atoms with van der Waals surface area (Å²) in [6.45, 7) is 19.0. The summed E-state index contributed by atoms with van der Waals surface area (Å²) in [5.74, 6) is -0.832. The number of rotatable bonds is 10. The van der Waals surface area contributed by atoms with Gasteiger partial charge in [-0.05, 0) is 83.6 Å². The Hall–Kier alpha value is -3.35. The van der Waals surface area contributed by atoms with Crippen LogP contribution in [0.4, 0.5) is 10.5 Å². The Morgan fingerprint density at radius 2 is 1.46 bits per heavy atom. The van der Waals surface area contributed by atoms with E-state index in [0.29, 0.717) is 18.5 Å². The second-order valence-corrected chi connectivity index (χ2v) is 11.9. The van der Waals surface area contributed by atoms with Gasteiger partial charge >= 0.3 is 6.09 Å². The molecule has 2 N–H and O–H groups in total. The number of hydrogen-bond donors (Lipinski definition) is 2. The lowest BCUT2D eigenvalue weighted by molar-refractivity contribution is -0.148. The van der Waals surface area contributed by atoms with Gasteiger partial charge in [-0.3, -0.25) is 9.59 Å². The number of anilines is 1. The minimum Gasteiger partial charge on any atom is -0.444 e. The molecule has 2 rings (SSSR count). The first-order chi connectivity index (χ1) is 18.1. The Kier molecular flexibility index (Phi) is 10.7. The SMILES string of the molecule is CCC(C)C(NC(=O)OC(C)(C)C)C(=O)N(C(C(=O)Nc1ccccc1C)c1ccccc1C)C(C)(C)CC. The molecule has 214 valence electrons. The maximum Gasteiger partial charge on any atom is 0.408 e. The van der Waals surface area contributed by atoms with Gasteiger partial charge in [0.25, 0.3) is 5.91 Å². The molecular formula is C32H47N3O4. The number of nitrogens with one attached hydrogen (secondary N) is 2. The Balaban J connectivity index is 2.68. The van der Waals surface area contributed by atoms with Crippen LogP contribution in [0.3, 0.4) is 0 Å². The molecule has 3 atom stereocenters. The summed E-state index contributed by atoms with van der Waals surface area (Å²) in [5.41, 5.74) is 1.81. The number of carbonyl (C=O) groups is 3. The highest BCUT2D eigenvalue weighted by Gasteiger charge is 2.44. The number of amides is 3. The lowest BCUT2D eigenvalue weighted by Crippen LogP contribution is -2.60. The highest BCUT2D eigenvalue weighted by Crippen LogP contribution is 2.35. The first kappa shape index (κ1) is 31.9. The maximum absolute atomic E-state index is 14.6. The smallest absolute Gasteiger partial charge is 0.408 e. The fourth-order valence-electron chi connectivity index (χ4n) is 4.42. The molecule has 7 nitrogen and oxygen atoms in total. The zero-order valence-corrected chi connectivity index (χ0v) is 25.3. The van der Waals surface area contributed by atoms with E-state index in [1.54, 1.807) is 25.7 Å². The van der Waals surface area contributed by atoms with Gasteiger partial charge in [-0.25, -0.2) is 4.79 Å². The van der Waals surface area contributed by atoms with Gasteiger partial charge in [0.15, 0.2) is 0 Å². The molecule has 0 bridgehead atoms. The fourth-order valence-corrected chi connectivity index (χ4v) is 4.42. The molecule has 3 amide bonds. The molecule has 0 saturated carbocycles. The molecule has 0 fully saturated rings. The van der Waals surface area contributed by atoms with E-state index in [9.17, 15) is 14.4 Å². The Bertz CT molecular complexity index is 1150. The average molecular weight is 538 g/mol. The van der Waals surface area contributed by atoms with E-state index >= 15 is 0 Å². The van der Waals surface area contributed by atoms with Crippen molar-refractivity contribution in [3.63, 3.8) is 0 Å². The number of hydrogen-bond acceptors (Lipinski definition) is 4. The fraction of sp³-hybridized carbons (Fsp3) is 0.531. The van der Waals surface area contributed by atoms with Crippen molar-refractivity contribution < 1.29 is 19.1 Å². The van der Waals surface area contributed by atoms with Crippen LogP contribution in [-0.4, -0.2) is 40.0 Å². The highest BCUT2D eigenvalue weighted by atomic mass is 16.6. The zero-order valence-electron chi connectivity index (χ0n) is 25.3. The van der Waals surface area contributed by atoms with Crippen LogP contribution in [0.25, 0.3) is 0 Å². The van der Waals surface area contributed by atoms with Crippen LogP contribution in [0.1, 0.15) is 91.0 Å². The standard InChI is InChI=1S/C32H47N3O4/c1-11-21(3)26(34-30(38)39-31(6,7)8)29(37)35(32(9,10)12-2)27(24-19-15-13-17-22(24)4)28(36)33-25-20-16-14-18-23(25)5/h13-21,26-27H,11-12H2,1-10H3,(H,33,36)(H,34,38). The minimum absolute atomic E-state index is 0.197. The van der Waals surface area contributed by atoms with E-state index in [1.807, 2.05) is 97.0 Å². The van der Waals surface area contributed by atoms with Gasteiger partial charge in [-0.2, -0.15) is 0 Å². The molecule has 39 heavy (non-hydrogen) atoms. The third-order valence-electron chi connectivity index (χ3n) is 7.30. The van der Waals surface area contributed by atoms with Crippen molar-refractivity contribution in [1.29, 1.82) is 0 Å². The summed E-state index contributed by atoms with van der Waals surface area (Å²) in [7, 11) is 0. The van der Waals surface area contributed by atoms with Gasteiger partial charge in [0.05, 0.1) is 0 Å². The third-order valence-corrected chi connectivity index (χ3v) is 7.30.